The van der Waals surface area contributed by atoms with Crippen LogP contribution in [0, 0.1) is 0 Å². The van der Waals surface area contributed by atoms with Gasteiger partial charge < -0.3 is 15.5 Å². The number of para-hydroxylation sites is 1. The first-order valence-electron chi connectivity index (χ1n) is 10.1. The molecule has 1 aliphatic heterocycles. The van der Waals surface area contributed by atoms with Crippen molar-refractivity contribution in [3.05, 3.63) is 60.4 Å². The Bertz CT molecular complexity index is 955. The van der Waals surface area contributed by atoms with Gasteiger partial charge in [-0.25, -0.2) is 4.79 Å². The molecule has 7 nitrogen and oxygen atoms in total. The number of piperidine rings is 1. The molecule has 0 saturated carbocycles. The van der Waals surface area contributed by atoms with Crippen molar-refractivity contribution in [3.63, 3.8) is 0 Å². The second-order valence-electron chi connectivity index (χ2n) is 7.27. The third-order valence-electron chi connectivity index (χ3n) is 5.28. The summed E-state index contributed by atoms with van der Waals surface area (Å²) in [5.41, 5.74) is 4.02. The van der Waals surface area contributed by atoms with E-state index in [1.54, 1.807) is 12.4 Å². The van der Waals surface area contributed by atoms with E-state index in [2.05, 4.69) is 43.7 Å². The molecule has 3 aromatic rings. The highest BCUT2D eigenvalue weighted by molar-refractivity contribution is 5.90. The third-order valence-corrected chi connectivity index (χ3v) is 5.28. The lowest BCUT2D eigenvalue weighted by molar-refractivity contribution is 0.246. The van der Waals surface area contributed by atoms with Crippen LogP contribution in [-0.2, 0) is 6.42 Å². The van der Waals surface area contributed by atoms with Gasteiger partial charge in [-0.1, -0.05) is 25.1 Å². The van der Waals surface area contributed by atoms with Crippen molar-refractivity contribution in [1.29, 1.82) is 0 Å². The second kappa shape index (κ2) is 8.77. The fourth-order valence-corrected chi connectivity index (χ4v) is 3.75. The van der Waals surface area contributed by atoms with Gasteiger partial charge in [0.1, 0.15) is 0 Å². The highest BCUT2D eigenvalue weighted by Crippen LogP contribution is 2.24. The lowest BCUT2D eigenvalue weighted by Gasteiger charge is -2.33. The van der Waals surface area contributed by atoms with Crippen LogP contribution in [0.2, 0.25) is 0 Å². The molecule has 1 aliphatic rings. The number of H-pyrrole nitrogens is 1. The Labute approximate surface area is 170 Å². The first kappa shape index (κ1) is 19.0. The number of nitrogens with zero attached hydrogens (tertiary/aromatic N) is 3. The van der Waals surface area contributed by atoms with E-state index in [9.17, 15) is 4.79 Å². The van der Waals surface area contributed by atoms with E-state index in [0.717, 1.165) is 60.7 Å². The molecule has 0 unspecified atom stereocenters. The Kier molecular flexibility index (Phi) is 5.74. The average molecular weight is 390 g/mol. The predicted molar refractivity (Wildman–Crippen MR) is 115 cm³/mol. The minimum Gasteiger partial charge on any atom is -0.353 e. The number of nitrogens with one attached hydrogen (secondary N) is 3. The number of pyridine rings is 1. The number of urea groups is 1. The molecule has 4 rings (SSSR count). The van der Waals surface area contributed by atoms with E-state index >= 15 is 0 Å². The molecule has 1 atom stereocenters. The van der Waals surface area contributed by atoms with E-state index < -0.39 is 0 Å². The van der Waals surface area contributed by atoms with Crippen molar-refractivity contribution in [2.45, 2.75) is 32.2 Å². The molecular weight excluding hydrogens is 364 g/mol. The molecule has 2 amide bonds. The van der Waals surface area contributed by atoms with Gasteiger partial charge in [0.25, 0.3) is 0 Å². The van der Waals surface area contributed by atoms with Crippen molar-refractivity contribution in [2.75, 3.05) is 23.3 Å². The van der Waals surface area contributed by atoms with E-state index in [-0.39, 0.29) is 12.1 Å². The molecule has 1 fully saturated rings. The first-order chi connectivity index (χ1) is 14.2. The summed E-state index contributed by atoms with van der Waals surface area (Å²) in [6.07, 6.45) is 6.39. The van der Waals surface area contributed by atoms with Crippen LogP contribution in [0.1, 0.15) is 25.3 Å². The number of carbonyl (C=O) groups excluding carboxylic acids is 1. The number of hydrogen-bond donors (Lipinski definition) is 3. The Morgan fingerprint density at radius 1 is 1.24 bits per heavy atom. The number of aryl methyl sites for hydroxylation is 1. The summed E-state index contributed by atoms with van der Waals surface area (Å²) < 4.78 is 0. The zero-order chi connectivity index (χ0) is 20.1. The first-order valence-corrected chi connectivity index (χ1v) is 10.1. The number of benzene rings is 1. The van der Waals surface area contributed by atoms with E-state index in [1.165, 1.54) is 0 Å². The number of anilines is 2. The highest BCUT2D eigenvalue weighted by Gasteiger charge is 2.23. The summed E-state index contributed by atoms with van der Waals surface area (Å²) in [6.45, 7) is 3.75. The second-order valence-corrected chi connectivity index (χ2v) is 7.27. The SMILES string of the molecule is CCc1ccccc1NC(=O)N[C@@H]1CCCN(c2cc(-c3ccncc3)[nH]n2)C1. The Balaban J connectivity index is 1.37. The molecule has 7 heteroatoms. The van der Waals surface area contributed by atoms with Crippen LogP contribution in [0.5, 0.6) is 0 Å². The van der Waals surface area contributed by atoms with Crippen LogP contribution >= 0.6 is 0 Å². The number of carbonyl (C=O) groups is 1. The fourth-order valence-electron chi connectivity index (χ4n) is 3.75. The van der Waals surface area contributed by atoms with Gasteiger partial charge in [0.2, 0.25) is 0 Å². The molecule has 1 aromatic carbocycles. The minimum atomic E-state index is -0.155. The van der Waals surface area contributed by atoms with Crippen molar-refractivity contribution < 1.29 is 4.79 Å². The number of amides is 2. The molecule has 0 aliphatic carbocycles. The monoisotopic (exact) mass is 390 g/mol. The standard InChI is InChI=1S/C22H26N6O/c1-2-16-6-3-4-8-19(16)25-22(29)24-18-7-5-13-28(15-18)21-14-20(26-27-21)17-9-11-23-12-10-17/h3-4,6,8-12,14,18H,2,5,7,13,15H2,1H3,(H,26,27)(H2,24,25,29)/t18-/m1/s1. The smallest absolute Gasteiger partial charge is 0.319 e. The van der Waals surface area contributed by atoms with Gasteiger partial charge in [0.05, 0.1) is 5.69 Å². The summed E-state index contributed by atoms with van der Waals surface area (Å²) in [7, 11) is 0. The number of aromatic amines is 1. The number of aromatic nitrogens is 3. The normalized spacial score (nSPS) is 16.4. The van der Waals surface area contributed by atoms with Gasteiger partial charge in [-0.05, 0) is 43.0 Å². The zero-order valence-electron chi connectivity index (χ0n) is 16.6. The summed E-state index contributed by atoms with van der Waals surface area (Å²) in [4.78, 5) is 18.8. The average Bonchev–Trinajstić information content (AvgIpc) is 3.25. The van der Waals surface area contributed by atoms with E-state index in [1.807, 2.05) is 36.4 Å². The molecule has 1 saturated heterocycles. The number of hydrogen-bond acceptors (Lipinski definition) is 4. The summed E-state index contributed by atoms with van der Waals surface area (Å²) in [6, 6.07) is 13.8. The van der Waals surface area contributed by atoms with Gasteiger partial charge in [-0.2, -0.15) is 5.10 Å². The van der Waals surface area contributed by atoms with Crippen molar-refractivity contribution in [1.82, 2.24) is 20.5 Å². The van der Waals surface area contributed by atoms with Crippen molar-refractivity contribution in [3.8, 4) is 11.3 Å². The van der Waals surface area contributed by atoms with E-state index in [4.69, 9.17) is 0 Å². The van der Waals surface area contributed by atoms with Crippen LogP contribution in [0.25, 0.3) is 11.3 Å². The molecule has 3 N–H and O–H groups in total. The zero-order valence-corrected chi connectivity index (χ0v) is 16.6. The maximum absolute atomic E-state index is 12.5. The van der Waals surface area contributed by atoms with Gasteiger partial charge in [0, 0.05) is 48.8 Å². The van der Waals surface area contributed by atoms with Gasteiger partial charge in [-0.15, -0.1) is 0 Å². The largest absolute Gasteiger partial charge is 0.353 e. The lowest BCUT2D eigenvalue weighted by Crippen LogP contribution is -2.49. The van der Waals surface area contributed by atoms with Gasteiger partial charge in [0.15, 0.2) is 5.82 Å². The lowest BCUT2D eigenvalue weighted by atomic mass is 10.1. The summed E-state index contributed by atoms with van der Waals surface area (Å²) in [5, 5.41) is 13.7. The molecule has 150 valence electrons. The molecule has 0 bridgehead atoms. The molecule has 0 radical (unpaired) electrons. The molecule has 29 heavy (non-hydrogen) atoms. The molecule has 3 heterocycles. The Hall–Kier alpha value is -3.35. The van der Waals surface area contributed by atoms with Crippen LogP contribution < -0.4 is 15.5 Å². The Morgan fingerprint density at radius 3 is 2.90 bits per heavy atom. The topological polar surface area (TPSA) is 85.9 Å². The van der Waals surface area contributed by atoms with Crippen molar-refractivity contribution >= 4 is 17.5 Å². The molecular formula is C22H26N6O. The van der Waals surface area contributed by atoms with Crippen LogP contribution in [0.15, 0.2) is 54.9 Å². The quantitative estimate of drug-likeness (QED) is 0.618. The summed E-state index contributed by atoms with van der Waals surface area (Å²) in [5.74, 6) is 0.903. The van der Waals surface area contributed by atoms with Gasteiger partial charge >= 0.3 is 6.03 Å². The van der Waals surface area contributed by atoms with Gasteiger partial charge in [-0.3, -0.25) is 10.1 Å². The molecule has 2 aromatic heterocycles. The molecule has 0 spiro atoms. The summed E-state index contributed by atoms with van der Waals surface area (Å²) >= 11 is 0. The van der Waals surface area contributed by atoms with E-state index in [0.29, 0.717) is 0 Å². The highest BCUT2D eigenvalue weighted by atomic mass is 16.2. The van der Waals surface area contributed by atoms with Crippen LogP contribution in [0.4, 0.5) is 16.3 Å². The maximum Gasteiger partial charge on any atom is 0.319 e. The fraction of sp³-hybridized carbons (Fsp3) is 0.318. The Morgan fingerprint density at radius 2 is 2.07 bits per heavy atom. The maximum atomic E-state index is 12.5. The van der Waals surface area contributed by atoms with Crippen molar-refractivity contribution in [2.24, 2.45) is 0 Å². The van der Waals surface area contributed by atoms with Crippen LogP contribution in [-0.4, -0.2) is 40.3 Å². The number of rotatable bonds is 5. The minimum absolute atomic E-state index is 0.0821. The third kappa shape index (κ3) is 4.56. The predicted octanol–water partition coefficient (Wildman–Crippen LogP) is 3.82. The van der Waals surface area contributed by atoms with Crippen LogP contribution in [0.3, 0.4) is 0 Å².